The molecular formula is C22H15Br2ClN2O. The normalized spacial score (nSPS) is 20.2. The summed E-state index contributed by atoms with van der Waals surface area (Å²) in [5.74, 6) is 0.907. The van der Waals surface area contributed by atoms with Gasteiger partial charge in [-0.25, -0.2) is 5.01 Å². The Morgan fingerprint density at radius 3 is 2.39 bits per heavy atom. The fraction of sp³-hybridized carbons (Fsp3) is 0.136. The maximum atomic E-state index is 6.39. The Kier molecular flexibility index (Phi) is 4.69. The van der Waals surface area contributed by atoms with Crippen LogP contribution in [0.2, 0.25) is 5.02 Å². The van der Waals surface area contributed by atoms with E-state index >= 15 is 0 Å². The minimum absolute atomic E-state index is 0.126. The average Bonchev–Trinajstić information content (AvgIpc) is 3.14. The summed E-state index contributed by atoms with van der Waals surface area (Å²) in [5.41, 5.74) is 4.35. The molecule has 2 aliphatic rings. The molecule has 2 heterocycles. The smallest absolute Gasteiger partial charge is 0.213 e. The first-order chi connectivity index (χ1) is 13.6. The Morgan fingerprint density at radius 2 is 1.64 bits per heavy atom. The summed E-state index contributed by atoms with van der Waals surface area (Å²) >= 11 is 13.2. The van der Waals surface area contributed by atoms with Gasteiger partial charge in [0.25, 0.3) is 0 Å². The van der Waals surface area contributed by atoms with Gasteiger partial charge in [-0.05, 0) is 48.0 Å². The van der Waals surface area contributed by atoms with Crippen molar-refractivity contribution in [2.75, 3.05) is 0 Å². The number of halogens is 3. The summed E-state index contributed by atoms with van der Waals surface area (Å²) in [7, 11) is 0. The van der Waals surface area contributed by atoms with E-state index in [2.05, 4.69) is 55.1 Å². The van der Waals surface area contributed by atoms with E-state index in [0.29, 0.717) is 0 Å². The highest BCUT2D eigenvalue weighted by Crippen LogP contribution is 2.48. The summed E-state index contributed by atoms with van der Waals surface area (Å²) in [5, 5.41) is 7.79. The van der Waals surface area contributed by atoms with Gasteiger partial charge in [0.1, 0.15) is 5.75 Å². The molecule has 0 fully saturated rings. The van der Waals surface area contributed by atoms with Crippen LogP contribution in [0.4, 0.5) is 0 Å². The topological polar surface area (TPSA) is 24.8 Å². The molecule has 6 heteroatoms. The molecule has 2 aliphatic heterocycles. The highest BCUT2D eigenvalue weighted by molar-refractivity contribution is 9.10. The zero-order valence-electron chi connectivity index (χ0n) is 14.6. The van der Waals surface area contributed by atoms with Crippen LogP contribution in [0, 0.1) is 0 Å². The molecule has 2 atom stereocenters. The van der Waals surface area contributed by atoms with E-state index < -0.39 is 0 Å². The number of ether oxygens (including phenoxy) is 1. The van der Waals surface area contributed by atoms with Crippen molar-refractivity contribution >= 4 is 49.2 Å². The van der Waals surface area contributed by atoms with Crippen molar-refractivity contribution < 1.29 is 4.74 Å². The lowest BCUT2D eigenvalue weighted by Gasteiger charge is -2.38. The van der Waals surface area contributed by atoms with Crippen LogP contribution in [0.25, 0.3) is 0 Å². The van der Waals surface area contributed by atoms with Crippen molar-refractivity contribution in [2.45, 2.75) is 18.7 Å². The van der Waals surface area contributed by atoms with Crippen LogP contribution in [0.15, 0.2) is 80.8 Å². The lowest BCUT2D eigenvalue weighted by molar-refractivity contribution is -0.0190. The second-order valence-electron chi connectivity index (χ2n) is 6.86. The number of fused-ring (bicyclic) bond motifs is 3. The minimum Gasteiger partial charge on any atom is -0.464 e. The van der Waals surface area contributed by atoms with Crippen LogP contribution in [-0.4, -0.2) is 10.7 Å². The third-order valence-corrected chi connectivity index (χ3v) is 6.36. The molecule has 0 spiro atoms. The number of rotatable bonds is 2. The lowest BCUT2D eigenvalue weighted by Crippen LogP contribution is -2.33. The highest BCUT2D eigenvalue weighted by Gasteiger charge is 2.41. The third kappa shape index (κ3) is 3.25. The van der Waals surface area contributed by atoms with Crippen LogP contribution in [0.3, 0.4) is 0 Å². The fourth-order valence-electron chi connectivity index (χ4n) is 3.72. The summed E-state index contributed by atoms with van der Waals surface area (Å²) in [6.45, 7) is 0. The number of hydrogen-bond acceptors (Lipinski definition) is 3. The molecule has 0 saturated heterocycles. The molecule has 3 aromatic carbocycles. The fourth-order valence-corrected chi connectivity index (χ4v) is 4.49. The van der Waals surface area contributed by atoms with Crippen LogP contribution < -0.4 is 4.74 Å². The molecule has 140 valence electrons. The Hall–Kier alpha value is -1.82. The van der Waals surface area contributed by atoms with Gasteiger partial charge in [-0.3, -0.25) is 0 Å². The van der Waals surface area contributed by atoms with E-state index in [-0.39, 0.29) is 12.3 Å². The second-order valence-corrected chi connectivity index (χ2v) is 9.13. The second kappa shape index (κ2) is 7.21. The number of nitrogens with zero attached hydrogens (tertiary/aromatic N) is 2. The van der Waals surface area contributed by atoms with Gasteiger partial charge in [0.05, 0.1) is 11.8 Å². The number of benzene rings is 3. The molecular weight excluding hydrogens is 504 g/mol. The first kappa shape index (κ1) is 18.2. The zero-order chi connectivity index (χ0) is 19.3. The van der Waals surface area contributed by atoms with E-state index in [0.717, 1.165) is 48.5 Å². The number of hydrogen-bond donors (Lipinski definition) is 0. The molecule has 3 aromatic rings. The monoisotopic (exact) mass is 516 g/mol. The summed E-state index contributed by atoms with van der Waals surface area (Å²) in [6, 6.07) is 22.4. The Bertz CT molecular complexity index is 1070. The first-order valence-corrected chi connectivity index (χ1v) is 10.9. The molecule has 0 saturated carbocycles. The summed E-state index contributed by atoms with van der Waals surface area (Å²) in [6.07, 6.45) is 0.554. The van der Waals surface area contributed by atoms with Gasteiger partial charge in [0.15, 0.2) is 0 Å². The Balaban J connectivity index is 1.59. The molecule has 0 amide bonds. The van der Waals surface area contributed by atoms with Gasteiger partial charge in [0.2, 0.25) is 6.23 Å². The van der Waals surface area contributed by atoms with Gasteiger partial charge in [-0.1, -0.05) is 67.7 Å². The summed E-state index contributed by atoms with van der Waals surface area (Å²) < 4.78 is 8.47. The third-order valence-electron chi connectivity index (χ3n) is 5.08. The maximum Gasteiger partial charge on any atom is 0.213 e. The van der Waals surface area contributed by atoms with Gasteiger partial charge in [0, 0.05) is 31.5 Å². The summed E-state index contributed by atoms with van der Waals surface area (Å²) in [4.78, 5) is 0. The van der Waals surface area contributed by atoms with Gasteiger partial charge < -0.3 is 4.74 Å². The maximum absolute atomic E-state index is 6.39. The van der Waals surface area contributed by atoms with Crippen molar-refractivity contribution in [1.29, 1.82) is 0 Å². The molecule has 28 heavy (non-hydrogen) atoms. The van der Waals surface area contributed by atoms with Gasteiger partial charge >= 0.3 is 0 Å². The van der Waals surface area contributed by atoms with E-state index in [9.17, 15) is 0 Å². The molecule has 3 nitrogen and oxygen atoms in total. The largest absolute Gasteiger partial charge is 0.464 e. The zero-order valence-corrected chi connectivity index (χ0v) is 18.6. The predicted octanol–water partition coefficient (Wildman–Crippen LogP) is 7.11. The highest BCUT2D eigenvalue weighted by atomic mass is 79.9. The molecule has 0 unspecified atom stereocenters. The van der Waals surface area contributed by atoms with Gasteiger partial charge in [-0.15, -0.1) is 0 Å². The molecule has 0 aliphatic carbocycles. The molecule has 5 rings (SSSR count). The van der Waals surface area contributed by atoms with Crippen molar-refractivity contribution in [3.63, 3.8) is 0 Å². The van der Waals surface area contributed by atoms with Crippen molar-refractivity contribution in [2.24, 2.45) is 5.10 Å². The molecule has 0 bridgehead atoms. The van der Waals surface area contributed by atoms with E-state index in [1.807, 2.05) is 48.5 Å². The molecule has 0 aromatic heterocycles. The molecule has 0 N–H and O–H groups in total. The Morgan fingerprint density at radius 1 is 0.929 bits per heavy atom. The predicted molar refractivity (Wildman–Crippen MR) is 119 cm³/mol. The lowest BCUT2D eigenvalue weighted by atomic mass is 9.96. The van der Waals surface area contributed by atoms with E-state index in [4.69, 9.17) is 21.4 Å². The van der Waals surface area contributed by atoms with Crippen LogP contribution in [-0.2, 0) is 0 Å². The van der Waals surface area contributed by atoms with Crippen molar-refractivity contribution in [3.8, 4) is 5.75 Å². The first-order valence-electron chi connectivity index (χ1n) is 8.92. The standard InChI is InChI=1S/C22H15Br2ClN2O/c23-15-5-1-14(2-6-15)22-27-20(18-11-16(24)7-10-21(18)28-22)12-19(26-27)13-3-8-17(25)9-4-13/h1-11,20,22H,12H2/t20-,22-/m1/s1. The average molecular weight is 519 g/mol. The van der Waals surface area contributed by atoms with Crippen molar-refractivity contribution in [1.82, 2.24) is 5.01 Å². The van der Waals surface area contributed by atoms with Gasteiger partial charge in [-0.2, -0.15) is 5.10 Å². The van der Waals surface area contributed by atoms with Crippen LogP contribution >= 0.6 is 43.5 Å². The van der Waals surface area contributed by atoms with E-state index in [1.165, 1.54) is 0 Å². The van der Waals surface area contributed by atoms with Crippen molar-refractivity contribution in [3.05, 3.63) is 97.4 Å². The molecule has 0 radical (unpaired) electrons. The van der Waals surface area contributed by atoms with Crippen LogP contribution in [0.1, 0.15) is 35.4 Å². The Labute approximate surface area is 185 Å². The minimum atomic E-state index is -0.267. The quantitative estimate of drug-likeness (QED) is 0.361. The number of hydrazone groups is 1. The SMILES string of the molecule is Clc1ccc(C2=NN3[C@H](C2)c2cc(Br)ccc2O[C@@H]3c2ccc(Br)cc2)cc1. The van der Waals surface area contributed by atoms with Crippen LogP contribution in [0.5, 0.6) is 5.75 Å². The van der Waals surface area contributed by atoms with E-state index in [1.54, 1.807) is 0 Å².